The average Bonchev–Trinajstić information content (AvgIpc) is 1.93. The second kappa shape index (κ2) is 2.05. The molecule has 0 amide bonds. The summed E-state index contributed by atoms with van der Waals surface area (Å²) in [5.41, 5.74) is -0.923. The van der Waals surface area contributed by atoms with Gasteiger partial charge in [0.25, 0.3) is 0 Å². The first-order valence-corrected chi connectivity index (χ1v) is 4.62. The Labute approximate surface area is 73.6 Å². The van der Waals surface area contributed by atoms with Crippen molar-refractivity contribution in [3.8, 4) is 0 Å². The van der Waals surface area contributed by atoms with Crippen LogP contribution >= 0.6 is 0 Å². The third-order valence-corrected chi connectivity index (χ3v) is 4.14. The Kier molecular flexibility index (Phi) is 1.45. The van der Waals surface area contributed by atoms with Crippen LogP contribution in [0.5, 0.6) is 0 Å². The molecule has 0 aromatic rings. The molecule has 2 N–H and O–H groups in total. The first-order valence-electron chi connectivity index (χ1n) is 4.62. The molecule has 3 aliphatic carbocycles. The number of fused-ring (bicyclic) bond motifs is 2. The molecule has 1 radical (unpaired) electrons. The lowest BCUT2D eigenvalue weighted by Gasteiger charge is -2.64. The third-order valence-electron chi connectivity index (χ3n) is 4.14. The van der Waals surface area contributed by atoms with E-state index < -0.39 is 11.7 Å². The van der Waals surface area contributed by atoms with Gasteiger partial charge in [0.05, 0.1) is 11.7 Å². The van der Waals surface area contributed by atoms with E-state index in [4.69, 9.17) is 0 Å². The minimum Gasteiger partial charge on any atom is -0.390 e. The second-order valence-electron chi connectivity index (χ2n) is 4.97. The van der Waals surface area contributed by atoms with Crippen LogP contribution < -0.4 is 0 Å². The van der Waals surface area contributed by atoms with Gasteiger partial charge in [0.1, 0.15) is 0 Å². The van der Waals surface area contributed by atoms with E-state index in [2.05, 4.69) is 13.8 Å². The summed E-state index contributed by atoms with van der Waals surface area (Å²) in [6, 6.07) is 0. The fraction of sp³-hybridized carbons (Fsp3) is 0.900. The molecular weight excluding hydrogens is 152 g/mol. The highest BCUT2D eigenvalue weighted by molar-refractivity contribution is 5.14. The maximum Gasteiger partial charge on any atom is 0.0910 e. The number of aliphatic hydroxyl groups is 2. The van der Waals surface area contributed by atoms with Gasteiger partial charge in [-0.3, -0.25) is 0 Å². The van der Waals surface area contributed by atoms with Crippen LogP contribution in [0.2, 0.25) is 0 Å². The first-order chi connectivity index (χ1) is 5.37. The molecule has 2 heteroatoms. The molecule has 12 heavy (non-hydrogen) atoms. The predicted molar refractivity (Wildman–Crippen MR) is 46.3 cm³/mol. The van der Waals surface area contributed by atoms with E-state index >= 15 is 0 Å². The zero-order valence-corrected chi connectivity index (χ0v) is 7.75. The molecule has 2 bridgehead atoms. The largest absolute Gasteiger partial charge is 0.390 e. The summed E-state index contributed by atoms with van der Waals surface area (Å²) in [4.78, 5) is 0. The summed E-state index contributed by atoms with van der Waals surface area (Å²) in [5, 5.41) is 19.6. The number of hydrogen-bond donors (Lipinski definition) is 2. The molecule has 3 saturated carbocycles. The van der Waals surface area contributed by atoms with Crippen LogP contribution in [0.4, 0.5) is 0 Å². The Morgan fingerprint density at radius 1 is 1.33 bits per heavy atom. The van der Waals surface area contributed by atoms with E-state index in [1.807, 2.05) is 0 Å². The quantitative estimate of drug-likeness (QED) is 0.567. The Morgan fingerprint density at radius 3 is 2.25 bits per heavy atom. The lowest BCUT2D eigenvalue weighted by atomic mass is 9.43. The molecule has 3 aliphatic rings. The van der Waals surface area contributed by atoms with E-state index in [1.54, 1.807) is 6.92 Å². The van der Waals surface area contributed by atoms with Gasteiger partial charge in [0.15, 0.2) is 0 Å². The van der Waals surface area contributed by atoms with Gasteiger partial charge >= 0.3 is 0 Å². The van der Waals surface area contributed by atoms with Crippen molar-refractivity contribution >= 4 is 0 Å². The minimum atomic E-state index is -0.911. The molecule has 2 nitrogen and oxygen atoms in total. The van der Waals surface area contributed by atoms with E-state index in [1.165, 1.54) is 0 Å². The van der Waals surface area contributed by atoms with Crippen LogP contribution in [-0.4, -0.2) is 21.9 Å². The fourth-order valence-corrected chi connectivity index (χ4v) is 2.96. The monoisotopic (exact) mass is 169 g/mol. The van der Waals surface area contributed by atoms with Gasteiger partial charge in [-0.2, -0.15) is 0 Å². The second-order valence-corrected chi connectivity index (χ2v) is 4.97. The lowest BCUT2D eigenvalue weighted by Crippen LogP contribution is -2.66. The summed E-state index contributed by atoms with van der Waals surface area (Å²) in [7, 11) is 0. The van der Waals surface area contributed by atoms with Crippen LogP contribution in [0.15, 0.2) is 0 Å². The van der Waals surface area contributed by atoms with Crippen molar-refractivity contribution < 1.29 is 10.2 Å². The molecular formula is C10H17O2. The summed E-state index contributed by atoms with van der Waals surface area (Å²) in [5.74, 6) is 0.691. The molecule has 69 valence electrons. The van der Waals surface area contributed by atoms with Crippen molar-refractivity contribution in [3.05, 3.63) is 6.92 Å². The van der Waals surface area contributed by atoms with E-state index in [0.29, 0.717) is 12.3 Å². The van der Waals surface area contributed by atoms with Crippen LogP contribution in [0.3, 0.4) is 0 Å². The Morgan fingerprint density at radius 2 is 1.92 bits per heavy atom. The minimum absolute atomic E-state index is 0.0112. The van der Waals surface area contributed by atoms with Crippen LogP contribution in [0.1, 0.15) is 26.7 Å². The Balaban J connectivity index is 2.27. The molecule has 0 aromatic heterocycles. The molecule has 0 aromatic carbocycles. The Bertz CT molecular complexity index is 208. The molecule has 0 saturated heterocycles. The molecule has 0 heterocycles. The van der Waals surface area contributed by atoms with Crippen molar-refractivity contribution in [2.75, 3.05) is 0 Å². The van der Waals surface area contributed by atoms with Gasteiger partial charge in [-0.1, -0.05) is 6.92 Å². The topological polar surface area (TPSA) is 40.5 Å². The van der Waals surface area contributed by atoms with E-state index in [-0.39, 0.29) is 11.3 Å². The zero-order valence-electron chi connectivity index (χ0n) is 7.75. The van der Waals surface area contributed by atoms with Gasteiger partial charge in [0.2, 0.25) is 0 Å². The highest BCUT2D eigenvalue weighted by atomic mass is 16.3. The first kappa shape index (κ1) is 8.52. The summed E-state index contributed by atoms with van der Waals surface area (Å²) in [6.45, 7) is 7.95. The molecule has 5 atom stereocenters. The van der Waals surface area contributed by atoms with Crippen molar-refractivity contribution in [1.29, 1.82) is 0 Å². The molecule has 0 spiro atoms. The summed E-state index contributed by atoms with van der Waals surface area (Å²) < 4.78 is 0. The van der Waals surface area contributed by atoms with Crippen LogP contribution in [-0.2, 0) is 0 Å². The highest BCUT2D eigenvalue weighted by Crippen LogP contribution is 2.62. The normalized spacial score (nSPS) is 56.2. The summed E-state index contributed by atoms with van der Waals surface area (Å²) >= 11 is 0. The maximum absolute atomic E-state index is 10.00. The van der Waals surface area contributed by atoms with Gasteiger partial charge in [-0.15, -0.1) is 0 Å². The van der Waals surface area contributed by atoms with Gasteiger partial charge in [-0.25, -0.2) is 0 Å². The van der Waals surface area contributed by atoms with Gasteiger partial charge < -0.3 is 10.2 Å². The summed E-state index contributed by atoms with van der Waals surface area (Å²) in [6.07, 6.45) is 1.20. The SMILES string of the molecule is [CH2]C1(C)C2CC(O)C(C)(O)C1C2. The standard InChI is InChI=1S/C10H17O2/c1-9(2)6-4-7(9)10(3,12)8(11)5-6/h6-8,11-12H,1,4-5H2,2-3H3. The zero-order chi connectivity index (χ0) is 9.15. The van der Waals surface area contributed by atoms with Crippen LogP contribution in [0, 0.1) is 24.2 Å². The lowest BCUT2D eigenvalue weighted by molar-refractivity contribution is -0.236. The average molecular weight is 169 g/mol. The molecule has 5 unspecified atom stereocenters. The van der Waals surface area contributed by atoms with Crippen molar-refractivity contribution in [2.24, 2.45) is 17.3 Å². The predicted octanol–water partition coefficient (Wildman–Crippen LogP) is 0.978. The molecule has 0 aliphatic heterocycles. The maximum atomic E-state index is 10.00. The molecule has 3 fully saturated rings. The number of rotatable bonds is 0. The number of aliphatic hydroxyl groups excluding tert-OH is 1. The highest BCUT2D eigenvalue weighted by Gasteiger charge is 2.62. The number of hydrogen-bond acceptors (Lipinski definition) is 2. The third kappa shape index (κ3) is 0.775. The van der Waals surface area contributed by atoms with E-state index in [9.17, 15) is 10.2 Å². The van der Waals surface area contributed by atoms with Crippen molar-refractivity contribution in [3.63, 3.8) is 0 Å². The fourth-order valence-electron chi connectivity index (χ4n) is 2.96. The van der Waals surface area contributed by atoms with Gasteiger partial charge in [0, 0.05) is 0 Å². The van der Waals surface area contributed by atoms with Crippen LogP contribution in [0.25, 0.3) is 0 Å². The van der Waals surface area contributed by atoms with Crippen molar-refractivity contribution in [2.45, 2.75) is 38.4 Å². The smallest absolute Gasteiger partial charge is 0.0910 e. The Hall–Kier alpha value is -0.0800. The van der Waals surface area contributed by atoms with Crippen molar-refractivity contribution in [1.82, 2.24) is 0 Å². The van der Waals surface area contributed by atoms with Gasteiger partial charge in [-0.05, 0) is 43.9 Å². The van der Waals surface area contributed by atoms with E-state index in [0.717, 1.165) is 6.42 Å². The molecule has 3 rings (SSSR count).